The molecule has 0 saturated carbocycles. The van der Waals surface area contributed by atoms with Gasteiger partial charge in [0.2, 0.25) is 0 Å². The third-order valence-electron chi connectivity index (χ3n) is 5.72. The molecule has 0 saturated heterocycles. The van der Waals surface area contributed by atoms with Crippen LogP contribution < -0.4 is 0 Å². The molecule has 2 atom stereocenters. The molecule has 1 nitrogen and oxygen atoms in total. The first-order valence-corrected chi connectivity index (χ1v) is 11.2. The Balaban J connectivity index is 1.63. The SMILES string of the molecule is CC(C)=CCCC(C)=CCCC(C)/C=C/C1=NC2=CC=CC=CC2c2ccccc21. The van der Waals surface area contributed by atoms with E-state index in [2.05, 4.69) is 107 Å². The van der Waals surface area contributed by atoms with Gasteiger partial charge in [0.15, 0.2) is 0 Å². The van der Waals surface area contributed by atoms with Crippen molar-refractivity contribution in [3.05, 3.63) is 107 Å². The molecular weight excluding hydrogens is 362 g/mol. The average molecular weight is 398 g/mol. The average Bonchev–Trinajstić information content (AvgIpc) is 2.97. The maximum absolute atomic E-state index is 5.00. The van der Waals surface area contributed by atoms with Crippen LogP contribution in [0.5, 0.6) is 0 Å². The second-order valence-corrected chi connectivity index (χ2v) is 8.71. The molecule has 3 rings (SSSR count). The van der Waals surface area contributed by atoms with Gasteiger partial charge in [0.25, 0.3) is 0 Å². The van der Waals surface area contributed by atoms with E-state index in [0.717, 1.165) is 24.3 Å². The molecule has 2 unspecified atom stereocenters. The van der Waals surface area contributed by atoms with Crippen LogP contribution in [-0.4, -0.2) is 5.71 Å². The molecule has 156 valence electrons. The molecule has 0 bridgehead atoms. The van der Waals surface area contributed by atoms with Gasteiger partial charge in [-0.15, -0.1) is 0 Å². The van der Waals surface area contributed by atoms with E-state index in [1.165, 1.54) is 35.1 Å². The number of benzene rings is 1. The lowest BCUT2D eigenvalue weighted by Crippen LogP contribution is -2.14. The maximum atomic E-state index is 5.00. The van der Waals surface area contributed by atoms with Crippen molar-refractivity contribution < 1.29 is 0 Å². The fraction of sp³-hybridized carbons (Fsp3) is 0.345. The van der Waals surface area contributed by atoms with Crippen LogP contribution in [0.1, 0.15) is 70.4 Å². The van der Waals surface area contributed by atoms with Crippen molar-refractivity contribution in [2.45, 2.75) is 59.3 Å². The Morgan fingerprint density at radius 3 is 2.70 bits per heavy atom. The van der Waals surface area contributed by atoms with Crippen molar-refractivity contribution in [2.75, 3.05) is 0 Å². The fourth-order valence-corrected chi connectivity index (χ4v) is 3.93. The molecule has 1 aliphatic carbocycles. The van der Waals surface area contributed by atoms with Crippen LogP contribution in [-0.2, 0) is 0 Å². The Bertz CT molecular complexity index is 942. The largest absolute Gasteiger partial charge is 0.252 e. The van der Waals surface area contributed by atoms with Gasteiger partial charge in [0, 0.05) is 11.5 Å². The molecule has 1 heterocycles. The highest BCUT2D eigenvalue weighted by Gasteiger charge is 2.23. The van der Waals surface area contributed by atoms with E-state index in [1.54, 1.807) is 0 Å². The zero-order valence-corrected chi connectivity index (χ0v) is 18.9. The lowest BCUT2D eigenvalue weighted by molar-refractivity contribution is 0.655. The summed E-state index contributed by atoms with van der Waals surface area (Å²) >= 11 is 0. The molecule has 30 heavy (non-hydrogen) atoms. The van der Waals surface area contributed by atoms with Crippen LogP contribution in [0.4, 0.5) is 0 Å². The minimum atomic E-state index is 0.255. The van der Waals surface area contributed by atoms with Crippen LogP contribution in [0.25, 0.3) is 0 Å². The van der Waals surface area contributed by atoms with Crippen molar-refractivity contribution in [1.82, 2.24) is 0 Å². The summed E-state index contributed by atoms with van der Waals surface area (Å²) in [5.74, 6) is 0.785. The van der Waals surface area contributed by atoms with Gasteiger partial charge < -0.3 is 0 Å². The van der Waals surface area contributed by atoms with Gasteiger partial charge in [-0.25, -0.2) is 0 Å². The summed E-state index contributed by atoms with van der Waals surface area (Å²) in [6, 6.07) is 8.68. The van der Waals surface area contributed by atoms with E-state index in [4.69, 9.17) is 4.99 Å². The summed E-state index contributed by atoms with van der Waals surface area (Å²) < 4.78 is 0. The molecule has 1 heteroatoms. The molecule has 1 aromatic rings. The number of hydrogen-bond donors (Lipinski definition) is 0. The highest BCUT2D eigenvalue weighted by Crippen LogP contribution is 2.35. The van der Waals surface area contributed by atoms with Crippen molar-refractivity contribution in [3.8, 4) is 0 Å². The number of rotatable bonds is 8. The standard InChI is InChI=1S/C29H35N/c1-22(2)12-10-13-23(3)14-11-15-24(4)20-21-29-27-18-9-8-16-25(27)26-17-6-5-7-19-28(26)30-29/h5-9,12,14,16-21,24,26H,10-11,13,15H2,1-4H3/b21-20+,23-14?. The Kier molecular flexibility index (Phi) is 8.02. The van der Waals surface area contributed by atoms with Crippen molar-refractivity contribution in [3.63, 3.8) is 0 Å². The first-order valence-electron chi connectivity index (χ1n) is 11.2. The molecule has 1 aromatic carbocycles. The van der Waals surface area contributed by atoms with Crippen LogP contribution >= 0.6 is 0 Å². The minimum absolute atomic E-state index is 0.255. The second-order valence-electron chi connectivity index (χ2n) is 8.71. The lowest BCUT2D eigenvalue weighted by Gasteiger charge is -2.23. The molecule has 0 aromatic heterocycles. The van der Waals surface area contributed by atoms with E-state index < -0.39 is 0 Å². The Morgan fingerprint density at radius 1 is 1.03 bits per heavy atom. The summed E-state index contributed by atoms with van der Waals surface area (Å²) in [5.41, 5.74) is 7.72. The summed E-state index contributed by atoms with van der Waals surface area (Å²) in [6.07, 6.45) is 24.6. The van der Waals surface area contributed by atoms with Gasteiger partial charge in [-0.1, -0.05) is 84.9 Å². The third-order valence-corrected chi connectivity index (χ3v) is 5.72. The van der Waals surface area contributed by atoms with Crippen LogP contribution in [0.15, 0.2) is 101 Å². The van der Waals surface area contributed by atoms with Gasteiger partial charge in [0.1, 0.15) is 0 Å². The summed E-state index contributed by atoms with van der Waals surface area (Å²) in [6.45, 7) is 8.90. The van der Waals surface area contributed by atoms with E-state index in [0.29, 0.717) is 5.92 Å². The van der Waals surface area contributed by atoms with Crippen molar-refractivity contribution >= 4 is 5.71 Å². The summed E-state index contributed by atoms with van der Waals surface area (Å²) in [4.78, 5) is 5.00. The highest BCUT2D eigenvalue weighted by molar-refractivity contribution is 6.11. The monoisotopic (exact) mass is 397 g/mol. The quantitative estimate of drug-likeness (QED) is 0.392. The number of allylic oxidation sites excluding steroid dienone is 11. The minimum Gasteiger partial charge on any atom is -0.252 e. The molecular formula is C29H35N. The molecule has 1 aliphatic heterocycles. The third kappa shape index (κ3) is 6.16. The first kappa shape index (κ1) is 22.0. The molecule has 0 radical (unpaired) electrons. The smallest absolute Gasteiger partial charge is 0.0705 e. The lowest BCUT2D eigenvalue weighted by atomic mass is 9.86. The van der Waals surface area contributed by atoms with Gasteiger partial charge in [-0.2, -0.15) is 0 Å². The number of fused-ring (bicyclic) bond motifs is 3. The fourth-order valence-electron chi connectivity index (χ4n) is 3.93. The first-order chi connectivity index (χ1) is 14.5. The second kappa shape index (κ2) is 10.9. The normalized spacial score (nSPS) is 18.9. The van der Waals surface area contributed by atoms with E-state index in [-0.39, 0.29) is 5.92 Å². The zero-order chi connectivity index (χ0) is 21.3. The topological polar surface area (TPSA) is 12.4 Å². The number of nitrogens with zero attached hydrogens (tertiary/aromatic N) is 1. The Hall–Kier alpha value is -2.67. The molecule has 0 amide bonds. The van der Waals surface area contributed by atoms with Crippen LogP contribution in [0.2, 0.25) is 0 Å². The van der Waals surface area contributed by atoms with Gasteiger partial charge in [-0.05, 0) is 70.1 Å². The Morgan fingerprint density at radius 2 is 1.87 bits per heavy atom. The van der Waals surface area contributed by atoms with Crippen molar-refractivity contribution in [1.29, 1.82) is 0 Å². The van der Waals surface area contributed by atoms with Gasteiger partial charge in [0.05, 0.1) is 11.4 Å². The molecule has 0 fully saturated rings. The highest BCUT2D eigenvalue weighted by atomic mass is 14.8. The van der Waals surface area contributed by atoms with Gasteiger partial charge >= 0.3 is 0 Å². The number of hydrogen-bond acceptors (Lipinski definition) is 1. The molecule has 0 N–H and O–H groups in total. The summed E-state index contributed by atoms with van der Waals surface area (Å²) in [5, 5.41) is 0. The van der Waals surface area contributed by atoms with Crippen LogP contribution in [0.3, 0.4) is 0 Å². The predicted octanol–water partition coefficient (Wildman–Crippen LogP) is 8.25. The zero-order valence-electron chi connectivity index (χ0n) is 18.9. The Labute approximate surface area is 183 Å². The number of aliphatic imine (C=N–C) groups is 1. The van der Waals surface area contributed by atoms with Crippen LogP contribution in [0, 0.1) is 5.92 Å². The van der Waals surface area contributed by atoms with E-state index >= 15 is 0 Å². The van der Waals surface area contributed by atoms with Gasteiger partial charge in [-0.3, -0.25) is 4.99 Å². The maximum Gasteiger partial charge on any atom is 0.0705 e. The predicted molar refractivity (Wildman–Crippen MR) is 132 cm³/mol. The van der Waals surface area contributed by atoms with E-state index in [1.807, 2.05) is 0 Å². The van der Waals surface area contributed by atoms with Crippen molar-refractivity contribution in [2.24, 2.45) is 10.9 Å². The molecule has 2 aliphatic rings. The molecule has 0 spiro atoms. The summed E-state index contributed by atoms with van der Waals surface area (Å²) in [7, 11) is 0. The van der Waals surface area contributed by atoms with E-state index in [9.17, 15) is 0 Å².